The molecule has 2 aromatic rings. The third-order valence-electron chi connectivity index (χ3n) is 4.26. The van der Waals surface area contributed by atoms with Crippen molar-refractivity contribution in [3.63, 3.8) is 0 Å². The summed E-state index contributed by atoms with van der Waals surface area (Å²) in [5.74, 6) is -1.42. The molecule has 0 radical (unpaired) electrons. The minimum Gasteiger partial charge on any atom is -0.462 e. The van der Waals surface area contributed by atoms with E-state index in [-0.39, 0.29) is 16.4 Å². The first-order valence-electron chi connectivity index (χ1n) is 9.70. The molecule has 0 aliphatic carbocycles. The van der Waals surface area contributed by atoms with Gasteiger partial charge in [0, 0.05) is 6.07 Å². The van der Waals surface area contributed by atoms with E-state index < -0.39 is 51.0 Å². The fourth-order valence-electron chi connectivity index (χ4n) is 2.86. The number of nitro benzene ring substituents is 2. The van der Waals surface area contributed by atoms with E-state index in [1.54, 1.807) is 26.0 Å². The number of benzene rings is 2. The van der Waals surface area contributed by atoms with Crippen molar-refractivity contribution in [3.05, 3.63) is 73.2 Å². The number of hydrogen-bond donors (Lipinski definition) is 0. The Morgan fingerprint density at radius 2 is 1.85 bits per heavy atom. The van der Waals surface area contributed by atoms with Crippen LogP contribution >= 0.6 is 11.8 Å². The Hall–Kier alpha value is -4.26. The van der Waals surface area contributed by atoms with Gasteiger partial charge < -0.3 is 9.47 Å². The van der Waals surface area contributed by atoms with E-state index in [0.717, 1.165) is 23.1 Å². The van der Waals surface area contributed by atoms with Gasteiger partial charge in [-0.3, -0.25) is 39.5 Å². The van der Waals surface area contributed by atoms with E-state index in [4.69, 9.17) is 9.47 Å². The summed E-state index contributed by atoms with van der Waals surface area (Å²) in [7, 11) is 0. The molecular weight excluding hydrogens is 470 g/mol. The molecule has 12 nitrogen and oxygen atoms in total. The number of hydrogen-bond acceptors (Lipinski definition) is 10. The Kier molecular flexibility index (Phi) is 7.26. The van der Waals surface area contributed by atoms with Gasteiger partial charge in [0.15, 0.2) is 0 Å². The summed E-state index contributed by atoms with van der Waals surface area (Å²) in [6, 6.07) is 9.11. The molecule has 1 saturated heterocycles. The third-order valence-corrected chi connectivity index (χ3v) is 5.17. The standard InChI is InChI=1S/C21H17N3O9S/c1-12(2)32-19(25)11-22-20(26)18(34-21(22)27)9-13-4-3-5-15(8-13)33-17-7-6-14(23(28)29)10-16(17)24(30)31/h3-10,12H,11H2,1-2H3/b18-9-. The quantitative estimate of drug-likeness (QED) is 0.227. The molecule has 1 aliphatic heterocycles. The molecule has 0 atom stereocenters. The van der Waals surface area contributed by atoms with Crippen LogP contribution in [0.15, 0.2) is 47.4 Å². The van der Waals surface area contributed by atoms with Crippen LogP contribution < -0.4 is 4.74 Å². The van der Waals surface area contributed by atoms with Gasteiger partial charge in [0.05, 0.1) is 26.9 Å². The molecule has 1 aliphatic rings. The van der Waals surface area contributed by atoms with Gasteiger partial charge in [0.2, 0.25) is 5.75 Å². The van der Waals surface area contributed by atoms with E-state index in [1.807, 2.05) is 0 Å². The number of carbonyl (C=O) groups is 3. The number of rotatable bonds is 8. The highest BCUT2D eigenvalue weighted by atomic mass is 32.2. The molecule has 0 aromatic heterocycles. The normalized spacial score (nSPS) is 14.6. The van der Waals surface area contributed by atoms with Crippen molar-refractivity contribution < 1.29 is 33.7 Å². The zero-order valence-corrected chi connectivity index (χ0v) is 18.6. The summed E-state index contributed by atoms with van der Waals surface area (Å²) < 4.78 is 10.5. The number of ether oxygens (including phenoxy) is 2. The fourth-order valence-corrected chi connectivity index (χ4v) is 3.70. The van der Waals surface area contributed by atoms with Crippen molar-refractivity contribution in [2.24, 2.45) is 0 Å². The zero-order valence-electron chi connectivity index (χ0n) is 17.8. The van der Waals surface area contributed by atoms with E-state index in [0.29, 0.717) is 17.3 Å². The predicted molar refractivity (Wildman–Crippen MR) is 120 cm³/mol. The Balaban J connectivity index is 1.81. The van der Waals surface area contributed by atoms with Crippen molar-refractivity contribution in [1.29, 1.82) is 0 Å². The van der Waals surface area contributed by atoms with Crippen LogP contribution in [0.3, 0.4) is 0 Å². The molecule has 0 N–H and O–H groups in total. The first kappa shape index (κ1) is 24.4. The molecule has 1 fully saturated rings. The highest BCUT2D eigenvalue weighted by Crippen LogP contribution is 2.36. The highest BCUT2D eigenvalue weighted by molar-refractivity contribution is 8.18. The molecule has 34 heavy (non-hydrogen) atoms. The van der Waals surface area contributed by atoms with Crippen LogP contribution in [0.2, 0.25) is 0 Å². The van der Waals surface area contributed by atoms with Crippen LogP contribution in [0.4, 0.5) is 16.2 Å². The largest absolute Gasteiger partial charge is 0.462 e. The van der Waals surface area contributed by atoms with Crippen molar-refractivity contribution in [1.82, 2.24) is 4.90 Å². The van der Waals surface area contributed by atoms with Crippen LogP contribution in [0, 0.1) is 20.2 Å². The number of carbonyl (C=O) groups excluding carboxylic acids is 3. The minimum atomic E-state index is -0.799. The van der Waals surface area contributed by atoms with E-state index in [2.05, 4.69) is 0 Å². The van der Waals surface area contributed by atoms with Gasteiger partial charge in [-0.1, -0.05) is 12.1 Å². The Morgan fingerprint density at radius 1 is 1.12 bits per heavy atom. The Bertz CT molecular complexity index is 1230. The number of non-ortho nitro benzene ring substituents is 1. The molecular formula is C21H17N3O9S. The monoisotopic (exact) mass is 487 g/mol. The number of nitro groups is 2. The fraction of sp³-hybridized carbons (Fsp3) is 0.190. The Labute approximate surface area is 196 Å². The first-order chi connectivity index (χ1) is 16.0. The maximum Gasteiger partial charge on any atom is 0.326 e. The molecule has 0 saturated carbocycles. The predicted octanol–water partition coefficient (Wildman–Crippen LogP) is 4.28. The topological polar surface area (TPSA) is 159 Å². The van der Waals surface area contributed by atoms with Gasteiger partial charge in [-0.05, 0) is 55.4 Å². The summed E-state index contributed by atoms with van der Waals surface area (Å²) in [5.41, 5.74) is -0.605. The molecule has 2 amide bonds. The van der Waals surface area contributed by atoms with Crippen LogP contribution in [0.25, 0.3) is 6.08 Å². The lowest BCUT2D eigenvalue weighted by Crippen LogP contribution is -2.35. The highest BCUT2D eigenvalue weighted by Gasteiger charge is 2.36. The molecule has 0 unspecified atom stereocenters. The second-order valence-electron chi connectivity index (χ2n) is 7.15. The van der Waals surface area contributed by atoms with Crippen molar-refractivity contribution >= 4 is 46.3 Å². The van der Waals surface area contributed by atoms with Crippen LogP contribution in [0.5, 0.6) is 11.5 Å². The van der Waals surface area contributed by atoms with E-state index in [1.165, 1.54) is 18.2 Å². The summed E-state index contributed by atoms with van der Waals surface area (Å²) >= 11 is 0.655. The summed E-state index contributed by atoms with van der Waals surface area (Å²) in [5, 5.41) is 21.6. The second kappa shape index (κ2) is 10.1. The average molecular weight is 487 g/mol. The van der Waals surface area contributed by atoms with Gasteiger partial charge in [-0.25, -0.2) is 0 Å². The van der Waals surface area contributed by atoms with Crippen LogP contribution in [-0.4, -0.2) is 44.5 Å². The number of esters is 1. The Morgan fingerprint density at radius 3 is 2.50 bits per heavy atom. The van der Waals surface area contributed by atoms with Gasteiger partial charge in [0.25, 0.3) is 16.8 Å². The molecule has 1 heterocycles. The SMILES string of the molecule is CC(C)OC(=O)CN1C(=O)S/C(=C\c2cccc(Oc3ccc([N+](=O)[O-])cc3[N+](=O)[O-])c2)C1=O. The molecule has 176 valence electrons. The molecule has 0 spiro atoms. The van der Waals surface area contributed by atoms with Gasteiger partial charge >= 0.3 is 11.7 Å². The molecule has 3 rings (SSSR count). The van der Waals surface area contributed by atoms with Gasteiger partial charge in [-0.2, -0.15) is 0 Å². The van der Waals surface area contributed by atoms with Crippen LogP contribution in [0.1, 0.15) is 19.4 Å². The van der Waals surface area contributed by atoms with E-state index >= 15 is 0 Å². The van der Waals surface area contributed by atoms with Gasteiger partial charge in [-0.15, -0.1) is 0 Å². The lowest BCUT2D eigenvalue weighted by atomic mass is 10.2. The third kappa shape index (κ3) is 5.75. The maximum atomic E-state index is 12.6. The maximum absolute atomic E-state index is 12.6. The lowest BCUT2D eigenvalue weighted by Gasteiger charge is -2.13. The summed E-state index contributed by atoms with van der Waals surface area (Å²) in [4.78, 5) is 58.0. The van der Waals surface area contributed by atoms with Gasteiger partial charge in [0.1, 0.15) is 12.3 Å². The number of thioether (sulfide) groups is 1. The summed E-state index contributed by atoms with van der Waals surface area (Å²) in [6.07, 6.45) is 1.02. The molecule has 0 bridgehead atoms. The van der Waals surface area contributed by atoms with Crippen molar-refractivity contribution in [2.75, 3.05) is 6.54 Å². The van der Waals surface area contributed by atoms with E-state index in [9.17, 15) is 34.6 Å². The smallest absolute Gasteiger partial charge is 0.326 e. The number of amides is 2. The number of nitrogens with zero attached hydrogens (tertiary/aromatic N) is 3. The lowest BCUT2D eigenvalue weighted by molar-refractivity contribution is -0.394. The summed E-state index contributed by atoms with van der Waals surface area (Å²) in [6.45, 7) is 2.78. The zero-order chi connectivity index (χ0) is 25.0. The average Bonchev–Trinajstić information content (AvgIpc) is 3.00. The van der Waals surface area contributed by atoms with Crippen molar-refractivity contribution in [3.8, 4) is 11.5 Å². The number of imide groups is 1. The minimum absolute atomic E-state index is 0.0702. The van der Waals surface area contributed by atoms with Crippen LogP contribution in [-0.2, 0) is 14.3 Å². The van der Waals surface area contributed by atoms with Crippen molar-refractivity contribution in [2.45, 2.75) is 20.0 Å². The first-order valence-corrected chi connectivity index (χ1v) is 10.5. The second-order valence-corrected chi connectivity index (χ2v) is 8.14. The molecule has 2 aromatic carbocycles. The molecule has 13 heteroatoms.